The molecule has 0 atom stereocenters. The minimum Gasteiger partial charge on any atom is -0.0928 e. The first-order chi connectivity index (χ1) is 8.56. The Labute approximate surface area is 122 Å². The van der Waals surface area contributed by atoms with E-state index < -0.39 is 0 Å². The van der Waals surface area contributed by atoms with Gasteiger partial charge in [-0.2, -0.15) is 0 Å². The molecule has 18 heavy (non-hydrogen) atoms. The summed E-state index contributed by atoms with van der Waals surface area (Å²) in [5, 5.41) is 1.11. The molecule has 0 N–H and O–H groups in total. The highest BCUT2D eigenvalue weighted by molar-refractivity contribution is 9.09. The first-order valence-corrected chi connectivity index (χ1v) is 8.19. The average Bonchev–Trinajstić information content (AvgIpc) is 2.29. The lowest BCUT2D eigenvalue weighted by atomic mass is 10.1. The van der Waals surface area contributed by atoms with E-state index in [1.807, 2.05) is 0 Å². The zero-order valence-corrected chi connectivity index (χ0v) is 14.1. The summed E-state index contributed by atoms with van der Waals surface area (Å²) in [7, 11) is 0. The molecule has 0 nitrogen and oxygen atoms in total. The molecule has 0 aliphatic carbocycles. The molecule has 0 aromatic heterocycles. The normalized spacial score (nSPS) is 12.7. The Morgan fingerprint density at radius 3 is 1.78 bits per heavy atom. The average molecular weight is 313 g/mol. The van der Waals surface area contributed by atoms with Gasteiger partial charge in [-0.1, -0.05) is 50.9 Å². The van der Waals surface area contributed by atoms with Crippen molar-refractivity contribution in [3.8, 4) is 0 Å². The third kappa shape index (κ3) is 12.2. The van der Waals surface area contributed by atoms with Crippen LogP contribution in [0.25, 0.3) is 0 Å². The van der Waals surface area contributed by atoms with Crippen molar-refractivity contribution >= 4 is 15.9 Å². The predicted molar refractivity (Wildman–Crippen MR) is 88.4 cm³/mol. The minimum atomic E-state index is 1.11. The van der Waals surface area contributed by atoms with Gasteiger partial charge in [-0.25, -0.2) is 0 Å². The smallest absolute Gasteiger partial charge is 0.00342 e. The van der Waals surface area contributed by atoms with Gasteiger partial charge in [0.15, 0.2) is 0 Å². The highest BCUT2D eigenvalue weighted by Crippen LogP contribution is 2.12. The molecule has 0 heterocycles. The van der Waals surface area contributed by atoms with Crippen LogP contribution in [-0.4, -0.2) is 5.33 Å². The lowest BCUT2D eigenvalue weighted by molar-refractivity contribution is 0.899. The number of unbranched alkanes of at least 4 members (excludes halogenated alkanes) is 1. The Balaban J connectivity index is 3.79. The molecule has 0 aliphatic rings. The molecular formula is C17H29Br. The lowest BCUT2D eigenvalue weighted by Crippen LogP contribution is -1.81. The number of hydrogen-bond acceptors (Lipinski definition) is 0. The Bertz CT molecular complexity index is 291. The van der Waals surface area contributed by atoms with E-state index in [0.29, 0.717) is 0 Å². The van der Waals surface area contributed by atoms with Crippen molar-refractivity contribution in [1.29, 1.82) is 0 Å². The molecule has 0 rings (SSSR count). The van der Waals surface area contributed by atoms with Crippen LogP contribution in [-0.2, 0) is 0 Å². The van der Waals surface area contributed by atoms with Crippen LogP contribution in [0.3, 0.4) is 0 Å². The molecule has 0 radical (unpaired) electrons. The third-order valence-corrected chi connectivity index (χ3v) is 3.51. The summed E-state index contributed by atoms with van der Waals surface area (Å²) in [5.41, 5.74) is 4.48. The largest absolute Gasteiger partial charge is 0.0928 e. The number of rotatable bonds is 9. The maximum absolute atomic E-state index is 3.46. The zero-order chi connectivity index (χ0) is 13.8. The van der Waals surface area contributed by atoms with Gasteiger partial charge in [0.2, 0.25) is 0 Å². The quantitative estimate of drug-likeness (QED) is 0.256. The highest BCUT2D eigenvalue weighted by Gasteiger charge is 1.92. The Kier molecular flexibility index (Phi) is 11.6. The van der Waals surface area contributed by atoms with Crippen LogP contribution in [0.5, 0.6) is 0 Å². The van der Waals surface area contributed by atoms with Gasteiger partial charge in [0.25, 0.3) is 0 Å². The summed E-state index contributed by atoms with van der Waals surface area (Å²) in [6, 6.07) is 0. The second-order valence-electron chi connectivity index (χ2n) is 5.29. The number of hydrogen-bond donors (Lipinski definition) is 0. The highest BCUT2D eigenvalue weighted by atomic mass is 79.9. The van der Waals surface area contributed by atoms with Crippen molar-refractivity contribution in [3.05, 3.63) is 34.9 Å². The molecule has 104 valence electrons. The molecule has 0 aromatic carbocycles. The minimum absolute atomic E-state index is 1.11. The van der Waals surface area contributed by atoms with Crippen molar-refractivity contribution in [3.63, 3.8) is 0 Å². The van der Waals surface area contributed by atoms with Gasteiger partial charge < -0.3 is 0 Å². The summed E-state index contributed by atoms with van der Waals surface area (Å²) in [6.45, 7) is 8.84. The van der Waals surface area contributed by atoms with Gasteiger partial charge in [-0.05, 0) is 66.2 Å². The van der Waals surface area contributed by atoms with Crippen LogP contribution in [0.2, 0.25) is 0 Å². The van der Waals surface area contributed by atoms with Gasteiger partial charge in [0.05, 0.1) is 0 Å². The van der Waals surface area contributed by atoms with Crippen molar-refractivity contribution in [2.45, 2.75) is 66.2 Å². The summed E-state index contributed by atoms with van der Waals surface area (Å²) >= 11 is 3.46. The summed E-state index contributed by atoms with van der Waals surface area (Å²) < 4.78 is 0. The van der Waals surface area contributed by atoms with Crippen LogP contribution >= 0.6 is 15.9 Å². The van der Waals surface area contributed by atoms with E-state index in [4.69, 9.17) is 0 Å². The van der Waals surface area contributed by atoms with Gasteiger partial charge >= 0.3 is 0 Å². The molecular weight excluding hydrogens is 284 g/mol. The molecule has 0 spiro atoms. The number of halogens is 1. The molecule has 0 unspecified atom stereocenters. The van der Waals surface area contributed by atoms with Gasteiger partial charge in [0, 0.05) is 5.33 Å². The third-order valence-electron chi connectivity index (χ3n) is 2.95. The molecule has 0 saturated heterocycles. The summed E-state index contributed by atoms with van der Waals surface area (Å²) in [5.74, 6) is 0. The van der Waals surface area contributed by atoms with E-state index in [2.05, 4.69) is 61.9 Å². The Hall–Kier alpha value is -0.300. The maximum atomic E-state index is 3.46. The zero-order valence-electron chi connectivity index (χ0n) is 12.6. The lowest BCUT2D eigenvalue weighted by Gasteiger charge is -2.01. The Morgan fingerprint density at radius 2 is 1.28 bits per heavy atom. The fourth-order valence-electron chi connectivity index (χ4n) is 1.76. The fourth-order valence-corrected chi connectivity index (χ4v) is 2.09. The van der Waals surface area contributed by atoms with Crippen molar-refractivity contribution in [2.75, 3.05) is 5.33 Å². The van der Waals surface area contributed by atoms with Gasteiger partial charge in [-0.3, -0.25) is 0 Å². The fraction of sp³-hybridized carbons (Fsp3) is 0.647. The number of alkyl halides is 1. The van der Waals surface area contributed by atoms with E-state index in [1.54, 1.807) is 0 Å². The standard InChI is InChI=1S/C17H29Br/c1-15(2)9-7-11-17(4)13-8-12-16(3)10-5-6-14-18/h9-10,13H,5-8,11-12,14H2,1-4H3/b16-10+,17-13+. The van der Waals surface area contributed by atoms with Crippen LogP contribution in [0.15, 0.2) is 34.9 Å². The molecule has 0 bridgehead atoms. The summed E-state index contributed by atoms with van der Waals surface area (Å²) in [4.78, 5) is 0. The van der Waals surface area contributed by atoms with Crippen LogP contribution < -0.4 is 0 Å². The van der Waals surface area contributed by atoms with Gasteiger partial charge in [-0.15, -0.1) is 0 Å². The van der Waals surface area contributed by atoms with Crippen molar-refractivity contribution in [2.24, 2.45) is 0 Å². The van der Waals surface area contributed by atoms with Crippen molar-refractivity contribution in [1.82, 2.24) is 0 Å². The first kappa shape index (κ1) is 17.7. The van der Waals surface area contributed by atoms with E-state index in [1.165, 1.54) is 55.2 Å². The van der Waals surface area contributed by atoms with E-state index in [-0.39, 0.29) is 0 Å². The monoisotopic (exact) mass is 312 g/mol. The SMILES string of the molecule is CC(C)=CCC/C(C)=C/CC/C(C)=C/CCCBr. The molecule has 0 saturated carbocycles. The van der Waals surface area contributed by atoms with E-state index in [9.17, 15) is 0 Å². The number of allylic oxidation sites excluding steroid dienone is 6. The van der Waals surface area contributed by atoms with Crippen LogP contribution in [0.4, 0.5) is 0 Å². The first-order valence-electron chi connectivity index (χ1n) is 7.07. The molecule has 1 heteroatoms. The topological polar surface area (TPSA) is 0 Å². The molecule has 0 fully saturated rings. The van der Waals surface area contributed by atoms with Crippen molar-refractivity contribution < 1.29 is 0 Å². The second-order valence-corrected chi connectivity index (χ2v) is 6.08. The molecule has 0 amide bonds. The van der Waals surface area contributed by atoms with E-state index >= 15 is 0 Å². The molecule has 0 aromatic rings. The van der Waals surface area contributed by atoms with Gasteiger partial charge in [0.1, 0.15) is 0 Å². The van der Waals surface area contributed by atoms with Crippen LogP contribution in [0.1, 0.15) is 66.2 Å². The second kappa shape index (κ2) is 11.8. The van der Waals surface area contributed by atoms with E-state index in [0.717, 1.165) is 5.33 Å². The van der Waals surface area contributed by atoms with Crippen LogP contribution in [0, 0.1) is 0 Å². The Morgan fingerprint density at radius 1 is 0.778 bits per heavy atom. The predicted octanol–water partition coefficient (Wildman–Crippen LogP) is 6.58. The molecule has 0 aliphatic heterocycles. The maximum Gasteiger partial charge on any atom is 0.00342 e. The summed E-state index contributed by atoms with van der Waals surface area (Å²) in [6.07, 6.45) is 14.4.